The normalized spacial score (nSPS) is 10.4. The first kappa shape index (κ1) is 13.2. The molecular weight excluding hydrogens is 268 g/mol. The van der Waals surface area contributed by atoms with Crippen LogP contribution in [0.4, 0.5) is 0 Å². The Labute approximate surface area is 122 Å². The van der Waals surface area contributed by atoms with Gasteiger partial charge in [-0.15, -0.1) is 0 Å². The molecule has 0 radical (unpaired) electrons. The van der Waals surface area contributed by atoms with Gasteiger partial charge in [0.05, 0.1) is 14.2 Å². The summed E-state index contributed by atoms with van der Waals surface area (Å²) in [5, 5.41) is 4.02. The Hall–Kier alpha value is -2.82. The lowest BCUT2D eigenvalue weighted by Gasteiger charge is -2.09. The van der Waals surface area contributed by atoms with Crippen LogP contribution in [0.3, 0.4) is 0 Å². The fourth-order valence-corrected chi connectivity index (χ4v) is 2.09. The summed E-state index contributed by atoms with van der Waals surface area (Å²) in [7, 11) is 3.18. The van der Waals surface area contributed by atoms with Gasteiger partial charge < -0.3 is 14.0 Å². The predicted octanol–water partition coefficient (Wildman–Crippen LogP) is 3.42. The molecule has 5 nitrogen and oxygen atoms in total. The van der Waals surface area contributed by atoms with Crippen LogP contribution >= 0.6 is 0 Å². The van der Waals surface area contributed by atoms with E-state index in [4.69, 9.17) is 14.0 Å². The first-order chi connectivity index (χ1) is 10.3. The molecule has 0 fully saturated rings. The molecule has 0 aliphatic carbocycles. The molecule has 106 valence electrons. The quantitative estimate of drug-likeness (QED) is 0.733. The Bertz CT molecular complexity index is 716. The number of rotatable bonds is 4. The van der Waals surface area contributed by atoms with E-state index in [2.05, 4.69) is 10.1 Å². The lowest BCUT2D eigenvalue weighted by molar-refractivity contribution is 0.386. The summed E-state index contributed by atoms with van der Waals surface area (Å²) >= 11 is 0. The van der Waals surface area contributed by atoms with E-state index in [0.29, 0.717) is 28.8 Å². The highest BCUT2D eigenvalue weighted by molar-refractivity contribution is 5.72. The number of hydrogen-bond donors (Lipinski definition) is 0. The van der Waals surface area contributed by atoms with Crippen molar-refractivity contribution in [3.63, 3.8) is 0 Å². The molecule has 5 heteroatoms. The first-order valence-corrected chi connectivity index (χ1v) is 6.44. The van der Waals surface area contributed by atoms with Crippen LogP contribution in [0.25, 0.3) is 22.8 Å². The van der Waals surface area contributed by atoms with Crippen molar-refractivity contribution in [2.24, 2.45) is 0 Å². The van der Waals surface area contributed by atoms with Crippen LogP contribution in [0.1, 0.15) is 0 Å². The van der Waals surface area contributed by atoms with Crippen LogP contribution < -0.4 is 9.47 Å². The molecule has 21 heavy (non-hydrogen) atoms. The van der Waals surface area contributed by atoms with Crippen molar-refractivity contribution in [1.29, 1.82) is 0 Å². The fraction of sp³-hybridized carbons (Fsp3) is 0.125. The van der Waals surface area contributed by atoms with Crippen LogP contribution in [0, 0.1) is 0 Å². The number of ether oxygens (including phenoxy) is 2. The molecule has 1 aromatic heterocycles. The number of nitrogens with zero attached hydrogens (tertiary/aromatic N) is 2. The van der Waals surface area contributed by atoms with E-state index >= 15 is 0 Å². The Morgan fingerprint density at radius 3 is 2.14 bits per heavy atom. The van der Waals surface area contributed by atoms with Gasteiger partial charge in [-0.3, -0.25) is 0 Å². The van der Waals surface area contributed by atoms with Gasteiger partial charge in [0.15, 0.2) is 0 Å². The van der Waals surface area contributed by atoms with Gasteiger partial charge in [-0.05, 0) is 12.1 Å². The zero-order valence-electron chi connectivity index (χ0n) is 11.7. The van der Waals surface area contributed by atoms with Crippen molar-refractivity contribution in [1.82, 2.24) is 10.1 Å². The van der Waals surface area contributed by atoms with E-state index in [1.165, 1.54) is 0 Å². The van der Waals surface area contributed by atoms with Gasteiger partial charge in [-0.1, -0.05) is 41.6 Å². The van der Waals surface area contributed by atoms with Gasteiger partial charge in [0, 0.05) is 5.56 Å². The molecule has 0 amide bonds. The molecule has 3 rings (SSSR count). The van der Waals surface area contributed by atoms with E-state index < -0.39 is 0 Å². The molecule has 0 unspecified atom stereocenters. The minimum absolute atomic E-state index is 0.364. The summed E-state index contributed by atoms with van der Waals surface area (Å²) in [6, 6.07) is 15.1. The van der Waals surface area contributed by atoms with Crippen molar-refractivity contribution < 1.29 is 14.0 Å². The Morgan fingerprint density at radius 2 is 1.52 bits per heavy atom. The molecular formula is C16H14N2O3. The molecule has 0 atom stereocenters. The second kappa shape index (κ2) is 5.66. The average Bonchev–Trinajstić information content (AvgIpc) is 3.04. The van der Waals surface area contributed by atoms with Crippen LogP contribution in [0.5, 0.6) is 11.5 Å². The molecule has 0 aliphatic rings. The lowest BCUT2D eigenvalue weighted by atomic mass is 10.1. The zero-order chi connectivity index (χ0) is 14.7. The van der Waals surface area contributed by atoms with Crippen LogP contribution in [0.15, 0.2) is 53.1 Å². The number of aromatic nitrogens is 2. The van der Waals surface area contributed by atoms with E-state index in [0.717, 1.165) is 5.56 Å². The standard InChI is InChI=1S/C16H14N2O3/c1-19-12-9-6-10-13(20-2)14(12)16-17-15(18-21-16)11-7-4-3-5-8-11/h3-10H,1-2H3. The molecule has 3 aromatic rings. The van der Waals surface area contributed by atoms with Crippen LogP contribution in [-0.2, 0) is 0 Å². The van der Waals surface area contributed by atoms with Crippen LogP contribution in [0.2, 0.25) is 0 Å². The summed E-state index contributed by atoms with van der Waals surface area (Å²) in [5.41, 5.74) is 1.54. The second-order valence-corrected chi connectivity index (χ2v) is 4.33. The van der Waals surface area contributed by atoms with E-state index in [9.17, 15) is 0 Å². The third-order valence-corrected chi connectivity index (χ3v) is 3.10. The highest BCUT2D eigenvalue weighted by Crippen LogP contribution is 2.37. The maximum Gasteiger partial charge on any atom is 0.265 e. The Kier molecular flexibility index (Phi) is 3.55. The van der Waals surface area contributed by atoms with Crippen molar-refractivity contribution in [3.05, 3.63) is 48.5 Å². The first-order valence-electron chi connectivity index (χ1n) is 6.44. The molecule has 0 spiro atoms. The summed E-state index contributed by atoms with van der Waals surface area (Å²) in [5.74, 6) is 2.14. The molecule has 1 heterocycles. The smallest absolute Gasteiger partial charge is 0.265 e. The van der Waals surface area contributed by atoms with Gasteiger partial charge in [0.25, 0.3) is 5.89 Å². The predicted molar refractivity (Wildman–Crippen MR) is 78.3 cm³/mol. The lowest BCUT2D eigenvalue weighted by Crippen LogP contribution is -1.93. The summed E-state index contributed by atoms with van der Waals surface area (Å²) in [6.07, 6.45) is 0. The molecule has 0 saturated carbocycles. The molecule has 0 bridgehead atoms. The average molecular weight is 282 g/mol. The fourth-order valence-electron chi connectivity index (χ4n) is 2.09. The highest BCUT2D eigenvalue weighted by Gasteiger charge is 2.19. The van der Waals surface area contributed by atoms with Gasteiger partial charge in [0.1, 0.15) is 17.1 Å². The summed E-state index contributed by atoms with van der Waals surface area (Å²) in [6.45, 7) is 0. The van der Waals surface area contributed by atoms with E-state index in [1.807, 2.05) is 48.5 Å². The third-order valence-electron chi connectivity index (χ3n) is 3.10. The SMILES string of the molecule is COc1cccc(OC)c1-c1nc(-c2ccccc2)no1. The van der Waals surface area contributed by atoms with Gasteiger partial charge >= 0.3 is 0 Å². The van der Waals surface area contributed by atoms with Gasteiger partial charge in [0.2, 0.25) is 5.82 Å². The van der Waals surface area contributed by atoms with E-state index in [-0.39, 0.29) is 0 Å². The molecule has 0 saturated heterocycles. The van der Waals surface area contributed by atoms with Crippen molar-refractivity contribution in [2.75, 3.05) is 14.2 Å². The molecule has 0 N–H and O–H groups in total. The molecule has 2 aromatic carbocycles. The topological polar surface area (TPSA) is 57.4 Å². The van der Waals surface area contributed by atoms with E-state index in [1.54, 1.807) is 14.2 Å². The minimum atomic E-state index is 0.364. The monoisotopic (exact) mass is 282 g/mol. The van der Waals surface area contributed by atoms with Crippen molar-refractivity contribution in [3.8, 4) is 34.3 Å². The zero-order valence-corrected chi connectivity index (χ0v) is 11.7. The van der Waals surface area contributed by atoms with Crippen LogP contribution in [-0.4, -0.2) is 24.4 Å². The number of benzene rings is 2. The molecule has 0 aliphatic heterocycles. The van der Waals surface area contributed by atoms with Crippen molar-refractivity contribution >= 4 is 0 Å². The Balaban J connectivity index is 2.08. The Morgan fingerprint density at radius 1 is 0.857 bits per heavy atom. The van der Waals surface area contributed by atoms with Gasteiger partial charge in [-0.25, -0.2) is 0 Å². The third kappa shape index (κ3) is 2.45. The number of methoxy groups -OCH3 is 2. The maximum absolute atomic E-state index is 5.37. The highest BCUT2D eigenvalue weighted by atomic mass is 16.5. The number of hydrogen-bond acceptors (Lipinski definition) is 5. The largest absolute Gasteiger partial charge is 0.496 e. The van der Waals surface area contributed by atoms with Gasteiger partial charge in [-0.2, -0.15) is 4.98 Å². The van der Waals surface area contributed by atoms with Crippen molar-refractivity contribution in [2.45, 2.75) is 0 Å². The maximum atomic E-state index is 5.37. The second-order valence-electron chi connectivity index (χ2n) is 4.33. The summed E-state index contributed by atoms with van der Waals surface area (Å²) < 4.78 is 16.1. The minimum Gasteiger partial charge on any atom is -0.496 e. The summed E-state index contributed by atoms with van der Waals surface area (Å²) in [4.78, 5) is 4.43.